The van der Waals surface area contributed by atoms with Crippen LogP contribution in [0.4, 0.5) is 5.69 Å². The van der Waals surface area contributed by atoms with Crippen molar-refractivity contribution < 1.29 is 19.1 Å². The Morgan fingerprint density at radius 2 is 1.57 bits per heavy atom. The molecule has 5 nitrogen and oxygen atoms in total. The zero-order chi connectivity index (χ0) is 20.3. The number of amides is 2. The number of hydrogen-bond acceptors (Lipinski definition) is 4. The minimum Gasteiger partial charge on any atom is -0.427 e. The number of nitrogens with zero attached hydrogens (tertiary/aromatic N) is 1. The Labute approximate surface area is 182 Å². The molecule has 1 saturated heterocycles. The van der Waals surface area contributed by atoms with Crippen molar-refractivity contribution in [1.29, 1.82) is 0 Å². The Balaban J connectivity index is 1.62. The molecule has 152 valence electrons. The zero-order valence-electron chi connectivity index (χ0n) is 15.9. The van der Waals surface area contributed by atoms with Crippen molar-refractivity contribution in [2.24, 2.45) is 11.8 Å². The van der Waals surface area contributed by atoms with Gasteiger partial charge in [0, 0.05) is 16.1 Å². The molecule has 0 spiro atoms. The second-order valence-electron chi connectivity index (χ2n) is 7.51. The molecule has 0 N–H and O–H groups in total. The van der Waals surface area contributed by atoms with Crippen LogP contribution in [-0.2, 0) is 14.4 Å². The minimum atomic E-state index is -0.272. The summed E-state index contributed by atoms with van der Waals surface area (Å²) in [6.07, 6.45) is 5.79. The van der Waals surface area contributed by atoms with Crippen molar-refractivity contribution >= 4 is 55.3 Å². The monoisotopic (exact) mass is 513 g/mol. The fraction of sp³-hybridized carbons (Fsp3) is 0.571. The third kappa shape index (κ3) is 4.67. The van der Waals surface area contributed by atoms with Crippen molar-refractivity contribution in [3.8, 4) is 5.75 Å². The first-order valence-corrected chi connectivity index (χ1v) is 11.7. The number of alkyl halides is 2. The molecule has 1 saturated carbocycles. The molecule has 7 heteroatoms. The third-order valence-corrected chi connectivity index (χ3v) is 8.21. The summed E-state index contributed by atoms with van der Waals surface area (Å²) in [6.45, 7) is 2.13. The van der Waals surface area contributed by atoms with Gasteiger partial charge >= 0.3 is 5.97 Å². The number of carbonyl (C=O) groups is 3. The summed E-state index contributed by atoms with van der Waals surface area (Å²) in [5.41, 5.74) is 0.532. The van der Waals surface area contributed by atoms with Gasteiger partial charge < -0.3 is 4.74 Å². The second-order valence-corrected chi connectivity index (χ2v) is 9.86. The van der Waals surface area contributed by atoms with Crippen LogP contribution in [0.2, 0.25) is 0 Å². The Kier molecular flexibility index (Phi) is 7.31. The standard InChI is InChI=1S/C21H25Br2NO4/c1-2-3-4-5-6-19(25)28-14-9-7-13(8-10-14)24-20(26)15-11-17(22)18(23)12-16(15)21(24)27/h7-10,15-18H,2-6,11-12H2,1H3. The van der Waals surface area contributed by atoms with Crippen LogP contribution in [0.15, 0.2) is 24.3 Å². The number of fused-ring (bicyclic) bond motifs is 1. The number of carbonyl (C=O) groups excluding carboxylic acids is 3. The fourth-order valence-corrected chi connectivity index (χ4v) is 5.13. The number of hydrogen-bond donors (Lipinski definition) is 0. The van der Waals surface area contributed by atoms with E-state index < -0.39 is 0 Å². The third-order valence-electron chi connectivity index (χ3n) is 5.47. The summed E-state index contributed by atoms with van der Waals surface area (Å²) in [6, 6.07) is 6.62. The number of halogens is 2. The smallest absolute Gasteiger partial charge is 0.311 e. The highest BCUT2D eigenvalue weighted by Gasteiger charge is 2.52. The Morgan fingerprint density at radius 3 is 2.11 bits per heavy atom. The van der Waals surface area contributed by atoms with Gasteiger partial charge in [-0.1, -0.05) is 58.0 Å². The lowest BCUT2D eigenvalue weighted by Crippen LogP contribution is -2.34. The van der Waals surface area contributed by atoms with E-state index in [2.05, 4.69) is 38.8 Å². The van der Waals surface area contributed by atoms with Crippen LogP contribution in [0.25, 0.3) is 0 Å². The molecule has 28 heavy (non-hydrogen) atoms. The molecule has 3 rings (SSSR count). The normalized spacial score (nSPS) is 27.0. The van der Waals surface area contributed by atoms with E-state index in [0.717, 1.165) is 25.7 Å². The maximum absolute atomic E-state index is 12.8. The van der Waals surface area contributed by atoms with Gasteiger partial charge in [0.25, 0.3) is 0 Å². The second kappa shape index (κ2) is 9.53. The number of benzene rings is 1. The number of rotatable bonds is 7. The van der Waals surface area contributed by atoms with E-state index in [1.807, 2.05) is 0 Å². The lowest BCUT2D eigenvalue weighted by atomic mass is 9.81. The number of unbranched alkanes of at least 4 members (excludes halogenated alkanes) is 3. The van der Waals surface area contributed by atoms with E-state index in [-0.39, 0.29) is 39.3 Å². The summed E-state index contributed by atoms with van der Waals surface area (Å²) in [5.74, 6) is -0.645. The van der Waals surface area contributed by atoms with E-state index in [1.165, 1.54) is 4.90 Å². The van der Waals surface area contributed by atoms with Crippen molar-refractivity contribution in [1.82, 2.24) is 0 Å². The summed E-state index contributed by atoms with van der Waals surface area (Å²) in [7, 11) is 0. The molecular formula is C21H25Br2NO4. The van der Waals surface area contributed by atoms with Gasteiger partial charge in [0.2, 0.25) is 11.8 Å². The maximum Gasteiger partial charge on any atom is 0.311 e. The SMILES string of the molecule is CCCCCCC(=O)Oc1ccc(N2C(=O)C3CC(Br)C(Br)CC3C2=O)cc1. The number of anilines is 1. The first kappa shape index (κ1) is 21.5. The van der Waals surface area contributed by atoms with Crippen LogP contribution in [0.3, 0.4) is 0 Å². The summed E-state index contributed by atoms with van der Waals surface area (Å²) in [4.78, 5) is 39.2. The predicted molar refractivity (Wildman–Crippen MR) is 115 cm³/mol. The van der Waals surface area contributed by atoms with E-state index in [0.29, 0.717) is 30.7 Å². The van der Waals surface area contributed by atoms with E-state index in [1.54, 1.807) is 24.3 Å². The molecule has 0 bridgehead atoms. The van der Waals surface area contributed by atoms with Crippen LogP contribution in [0.5, 0.6) is 5.75 Å². The van der Waals surface area contributed by atoms with Crippen LogP contribution in [0.1, 0.15) is 51.9 Å². The van der Waals surface area contributed by atoms with E-state index in [9.17, 15) is 14.4 Å². The molecule has 1 aliphatic heterocycles. The summed E-state index contributed by atoms with van der Waals surface area (Å²) >= 11 is 7.19. The summed E-state index contributed by atoms with van der Waals surface area (Å²) in [5, 5.41) is 0. The molecule has 4 unspecified atom stereocenters. The lowest BCUT2D eigenvalue weighted by molar-refractivity contribution is -0.134. The molecule has 2 fully saturated rings. The average molecular weight is 515 g/mol. The fourth-order valence-electron chi connectivity index (χ4n) is 3.89. The molecular weight excluding hydrogens is 490 g/mol. The number of esters is 1. The van der Waals surface area contributed by atoms with E-state index >= 15 is 0 Å². The molecule has 1 aromatic carbocycles. The highest BCUT2D eigenvalue weighted by Crippen LogP contribution is 2.44. The lowest BCUT2D eigenvalue weighted by Gasteiger charge is -2.29. The highest BCUT2D eigenvalue weighted by molar-refractivity contribution is 9.12. The highest BCUT2D eigenvalue weighted by atomic mass is 79.9. The molecule has 1 heterocycles. The molecule has 0 aromatic heterocycles. The van der Waals surface area contributed by atoms with Crippen LogP contribution < -0.4 is 9.64 Å². The molecule has 4 atom stereocenters. The van der Waals surface area contributed by atoms with Gasteiger partial charge in [-0.2, -0.15) is 0 Å². The van der Waals surface area contributed by atoms with Crippen LogP contribution >= 0.6 is 31.9 Å². The van der Waals surface area contributed by atoms with Gasteiger partial charge in [0.1, 0.15) is 5.75 Å². The van der Waals surface area contributed by atoms with Crippen molar-refractivity contribution in [2.75, 3.05) is 4.90 Å². The largest absolute Gasteiger partial charge is 0.427 e. The maximum atomic E-state index is 12.8. The molecule has 2 amide bonds. The number of ether oxygens (including phenoxy) is 1. The Morgan fingerprint density at radius 1 is 1.00 bits per heavy atom. The quantitative estimate of drug-likeness (QED) is 0.169. The number of imide groups is 1. The van der Waals surface area contributed by atoms with Gasteiger partial charge in [-0.3, -0.25) is 19.3 Å². The zero-order valence-corrected chi connectivity index (χ0v) is 19.1. The van der Waals surface area contributed by atoms with Gasteiger partial charge in [-0.25, -0.2) is 0 Å². The van der Waals surface area contributed by atoms with E-state index in [4.69, 9.17) is 4.74 Å². The molecule has 2 aliphatic rings. The van der Waals surface area contributed by atoms with Crippen LogP contribution in [0, 0.1) is 11.8 Å². The molecule has 1 aliphatic carbocycles. The molecule has 1 aromatic rings. The first-order valence-electron chi connectivity index (χ1n) is 9.89. The topological polar surface area (TPSA) is 63.7 Å². The van der Waals surface area contributed by atoms with Gasteiger partial charge in [0.05, 0.1) is 17.5 Å². The van der Waals surface area contributed by atoms with Crippen LogP contribution in [-0.4, -0.2) is 27.4 Å². The van der Waals surface area contributed by atoms with Gasteiger partial charge in [-0.15, -0.1) is 0 Å². The average Bonchev–Trinajstić information content (AvgIpc) is 2.90. The Hall–Kier alpha value is -1.21. The molecule has 0 radical (unpaired) electrons. The van der Waals surface area contributed by atoms with Gasteiger partial charge in [0.15, 0.2) is 0 Å². The van der Waals surface area contributed by atoms with Gasteiger partial charge in [-0.05, 0) is 43.5 Å². The minimum absolute atomic E-state index is 0.139. The predicted octanol–water partition coefficient (Wildman–Crippen LogP) is 4.99. The van der Waals surface area contributed by atoms with Crippen molar-refractivity contribution in [3.63, 3.8) is 0 Å². The first-order chi connectivity index (χ1) is 13.4. The summed E-state index contributed by atoms with van der Waals surface area (Å²) < 4.78 is 5.35. The van der Waals surface area contributed by atoms with Crippen molar-refractivity contribution in [3.05, 3.63) is 24.3 Å². The van der Waals surface area contributed by atoms with Crippen molar-refractivity contribution in [2.45, 2.75) is 61.5 Å². The Bertz CT molecular complexity index is 708.